The largest absolute Gasteiger partial charge is 0.451 e. The van der Waals surface area contributed by atoms with Gasteiger partial charge in [0.05, 0.1) is 0 Å². The van der Waals surface area contributed by atoms with Gasteiger partial charge in [0.2, 0.25) is 0 Å². The monoisotopic (exact) mass is 433 g/mol. The minimum absolute atomic E-state index is 0.268. The number of anilines is 1. The van der Waals surface area contributed by atoms with Crippen LogP contribution in [0.2, 0.25) is 0 Å². The van der Waals surface area contributed by atoms with Gasteiger partial charge in [0, 0.05) is 20.2 Å². The Labute approximate surface area is 151 Å². The van der Waals surface area contributed by atoms with Crippen LogP contribution >= 0.6 is 31.9 Å². The van der Waals surface area contributed by atoms with Crippen LogP contribution in [0.15, 0.2) is 68.0 Å². The zero-order valence-electron chi connectivity index (χ0n) is 12.3. The van der Waals surface area contributed by atoms with Gasteiger partial charge in [0.1, 0.15) is 5.76 Å². The molecule has 1 N–H and O–H groups in total. The highest BCUT2D eigenvalue weighted by Crippen LogP contribution is 2.25. The number of nitrogens with one attached hydrogen (secondary N) is 1. The van der Waals surface area contributed by atoms with E-state index < -0.39 is 0 Å². The van der Waals surface area contributed by atoms with Crippen molar-refractivity contribution in [3.63, 3.8) is 0 Å². The Morgan fingerprint density at radius 2 is 1.74 bits per heavy atom. The standard InChI is InChI=1S/C18H13Br2NO2/c1-11-10-14(6-7-15(11)20)21-18(22)17-9-8-16(23-17)12-2-4-13(19)5-3-12/h2-10H,1H3,(H,21,22). The number of amides is 1. The van der Waals surface area contributed by atoms with Gasteiger partial charge in [-0.1, -0.05) is 44.0 Å². The van der Waals surface area contributed by atoms with Crippen LogP contribution in [0, 0.1) is 6.92 Å². The highest BCUT2D eigenvalue weighted by molar-refractivity contribution is 9.10. The number of furan rings is 1. The number of hydrogen-bond acceptors (Lipinski definition) is 2. The van der Waals surface area contributed by atoms with Gasteiger partial charge in [0.15, 0.2) is 5.76 Å². The molecule has 0 fully saturated rings. The van der Waals surface area contributed by atoms with Crippen LogP contribution in [-0.4, -0.2) is 5.91 Å². The third kappa shape index (κ3) is 3.74. The second-order valence-electron chi connectivity index (χ2n) is 5.09. The first-order valence-electron chi connectivity index (χ1n) is 6.96. The van der Waals surface area contributed by atoms with Gasteiger partial charge in [-0.2, -0.15) is 0 Å². The average molecular weight is 435 g/mol. The molecule has 0 saturated heterocycles. The van der Waals surface area contributed by atoms with Crippen LogP contribution in [0.1, 0.15) is 16.1 Å². The lowest BCUT2D eigenvalue weighted by molar-refractivity contribution is 0.0997. The molecule has 2 aromatic carbocycles. The van der Waals surface area contributed by atoms with Crippen molar-refractivity contribution in [3.05, 3.63) is 74.9 Å². The molecule has 1 aromatic heterocycles. The van der Waals surface area contributed by atoms with Crippen molar-refractivity contribution in [2.75, 3.05) is 5.32 Å². The molecule has 0 unspecified atom stereocenters. The van der Waals surface area contributed by atoms with E-state index in [-0.39, 0.29) is 11.7 Å². The summed E-state index contributed by atoms with van der Waals surface area (Å²) in [6.07, 6.45) is 0. The molecule has 0 atom stereocenters. The fourth-order valence-corrected chi connectivity index (χ4v) is 2.66. The summed E-state index contributed by atoms with van der Waals surface area (Å²) in [4.78, 5) is 12.3. The van der Waals surface area contributed by atoms with E-state index in [2.05, 4.69) is 37.2 Å². The molecule has 1 heterocycles. The quantitative estimate of drug-likeness (QED) is 0.546. The van der Waals surface area contributed by atoms with Gasteiger partial charge in [-0.3, -0.25) is 4.79 Å². The number of rotatable bonds is 3. The molecule has 3 rings (SSSR count). The Morgan fingerprint density at radius 1 is 1.00 bits per heavy atom. The number of aryl methyl sites for hydroxylation is 1. The Bertz CT molecular complexity index is 854. The molecule has 0 aliphatic rings. The zero-order valence-corrected chi connectivity index (χ0v) is 15.4. The molecule has 0 saturated carbocycles. The lowest BCUT2D eigenvalue weighted by Gasteiger charge is -2.05. The molecule has 0 bridgehead atoms. The summed E-state index contributed by atoms with van der Waals surface area (Å²) in [6, 6.07) is 16.9. The van der Waals surface area contributed by atoms with Gasteiger partial charge >= 0.3 is 0 Å². The van der Waals surface area contributed by atoms with Crippen LogP contribution in [-0.2, 0) is 0 Å². The summed E-state index contributed by atoms with van der Waals surface area (Å²) in [6.45, 7) is 1.97. The topological polar surface area (TPSA) is 42.2 Å². The summed E-state index contributed by atoms with van der Waals surface area (Å²) in [5.74, 6) is 0.674. The number of carbonyl (C=O) groups is 1. The minimum Gasteiger partial charge on any atom is -0.451 e. The molecule has 1 amide bonds. The van der Waals surface area contributed by atoms with Gasteiger partial charge in [-0.05, 0) is 55.0 Å². The van der Waals surface area contributed by atoms with Crippen molar-refractivity contribution in [1.29, 1.82) is 0 Å². The van der Waals surface area contributed by atoms with E-state index in [1.165, 1.54) is 0 Å². The van der Waals surface area contributed by atoms with Crippen molar-refractivity contribution in [2.24, 2.45) is 0 Å². The fraction of sp³-hybridized carbons (Fsp3) is 0.0556. The van der Waals surface area contributed by atoms with E-state index in [0.717, 1.165) is 25.8 Å². The molecule has 0 aliphatic carbocycles. The number of carbonyl (C=O) groups excluding carboxylic acids is 1. The van der Waals surface area contributed by atoms with Gasteiger partial charge < -0.3 is 9.73 Å². The predicted octanol–water partition coefficient (Wildman–Crippen LogP) is 6.03. The summed E-state index contributed by atoms with van der Waals surface area (Å²) in [7, 11) is 0. The normalized spacial score (nSPS) is 10.6. The average Bonchev–Trinajstić information content (AvgIpc) is 3.02. The minimum atomic E-state index is -0.268. The van der Waals surface area contributed by atoms with E-state index in [1.54, 1.807) is 12.1 Å². The SMILES string of the molecule is Cc1cc(NC(=O)c2ccc(-c3ccc(Br)cc3)o2)ccc1Br. The van der Waals surface area contributed by atoms with Crippen molar-refractivity contribution in [2.45, 2.75) is 6.92 Å². The third-order valence-corrected chi connectivity index (χ3v) is 4.79. The lowest BCUT2D eigenvalue weighted by Crippen LogP contribution is -2.10. The number of hydrogen-bond donors (Lipinski definition) is 1. The summed E-state index contributed by atoms with van der Waals surface area (Å²) in [5.41, 5.74) is 2.71. The molecule has 3 nitrogen and oxygen atoms in total. The zero-order chi connectivity index (χ0) is 16.4. The van der Waals surface area contributed by atoms with E-state index in [4.69, 9.17) is 4.42 Å². The second kappa shape index (κ2) is 6.72. The molecule has 116 valence electrons. The second-order valence-corrected chi connectivity index (χ2v) is 6.86. The Morgan fingerprint density at radius 3 is 2.43 bits per heavy atom. The number of halogens is 2. The van der Waals surface area contributed by atoms with Crippen molar-refractivity contribution >= 4 is 43.5 Å². The first-order chi connectivity index (χ1) is 11.0. The van der Waals surface area contributed by atoms with Crippen LogP contribution in [0.4, 0.5) is 5.69 Å². The van der Waals surface area contributed by atoms with Crippen molar-refractivity contribution in [1.82, 2.24) is 0 Å². The molecule has 3 aromatic rings. The first-order valence-corrected chi connectivity index (χ1v) is 8.55. The maximum absolute atomic E-state index is 12.3. The molecule has 23 heavy (non-hydrogen) atoms. The van der Waals surface area contributed by atoms with Gasteiger partial charge in [-0.15, -0.1) is 0 Å². The molecule has 5 heteroatoms. The Balaban J connectivity index is 1.78. The molecule has 0 spiro atoms. The van der Waals surface area contributed by atoms with E-state index in [1.807, 2.05) is 49.4 Å². The van der Waals surface area contributed by atoms with Crippen molar-refractivity contribution in [3.8, 4) is 11.3 Å². The molecular formula is C18H13Br2NO2. The van der Waals surface area contributed by atoms with E-state index in [9.17, 15) is 4.79 Å². The predicted molar refractivity (Wildman–Crippen MR) is 98.7 cm³/mol. The van der Waals surface area contributed by atoms with Gasteiger partial charge in [0.25, 0.3) is 5.91 Å². The van der Waals surface area contributed by atoms with Gasteiger partial charge in [-0.25, -0.2) is 0 Å². The fourth-order valence-electron chi connectivity index (χ4n) is 2.14. The summed E-state index contributed by atoms with van der Waals surface area (Å²) >= 11 is 6.84. The molecular weight excluding hydrogens is 422 g/mol. The Kier molecular flexibility index (Phi) is 4.68. The maximum Gasteiger partial charge on any atom is 0.291 e. The molecule has 0 radical (unpaired) electrons. The third-order valence-electron chi connectivity index (χ3n) is 3.37. The van der Waals surface area contributed by atoms with Crippen LogP contribution in [0.5, 0.6) is 0 Å². The smallest absolute Gasteiger partial charge is 0.291 e. The van der Waals surface area contributed by atoms with E-state index >= 15 is 0 Å². The summed E-state index contributed by atoms with van der Waals surface area (Å²) < 4.78 is 7.66. The Hall–Kier alpha value is -1.85. The first kappa shape index (κ1) is 16.0. The van der Waals surface area contributed by atoms with Crippen LogP contribution in [0.3, 0.4) is 0 Å². The highest BCUT2D eigenvalue weighted by atomic mass is 79.9. The van der Waals surface area contributed by atoms with E-state index in [0.29, 0.717) is 5.76 Å². The lowest BCUT2D eigenvalue weighted by atomic mass is 10.2. The van der Waals surface area contributed by atoms with Crippen LogP contribution < -0.4 is 5.32 Å². The maximum atomic E-state index is 12.3. The number of benzene rings is 2. The van der Waals surface area contributed by atoms with Crippen LogP contribution in [0.25, 0.3) is 11.3 Å². The molecule has 0 aliphatic heterocycles. The summed E-state index contributed by atoms with van der Waals surface area (Å²) in [5, 5.41) is 2.84. The highest BCUT2D eigenvalue weighted by Gasteiger charge is 2.13. The van der Waals surface area contributed by atoms with Crippen molar-refractivity contribution < 1.29 is 9.21 Å².